The van der Waals surface area contributed by atoms with Crippen LogP contribution in [0.3, 0.4) is 0 Å². The van der Waals surface area contributed by atoms with E-state index in [-0.39, 0.29) is 17.5 Å². The molecule has 0 aliphatic heterocycles. The topological polar surface area (TPSA) is 37.3 Å². The summed E-state index contributed by atoms with van der Waals surface area (Å²) in [5, 5.41) is 8.84. The van der Waals surface area contributed by atoms with Crippen LogP contribution in [0.5, 0.6) is 0 Å². The molecule has 0 amide bonds. The van der Waals surface area contributed by atoms with Gasteiger partial charge in [-0.1, -0.05) is 0 Å². The number of Topliss-reactive ketones (excluding diaryl/α,β-unsaturated/α-hetero) is 1. The Balaban J connectivity index is 2.59. The average Bonchev–Trinajstić information content (AvgIpc) is 2.20. The minimum Gasteiger partial charge on any atom is -0.505 e. The number of carbonyl (C=O) groups is 1. The number of terminal acetylenes is 1. The lowest BCUT2D eigenvalue weighted by molar-refractivity contribution is -0.120. The molecule has 0 heterocycles. The minimum atomic E-state index is -0.210. The molecule has 0 saturated heterocycles. The maximum absolute atomic E-state index is 10.9. The summed E-state index contributed by atoms with van der Waals surface area (Å²) in [6.45, 7) is 0. The molecule has 0 aromatic rings. The lowest BCUT2D eigenvalue weighted by Gasteiger charge is -1.99. The first-order valence-corrected chi connectivity index (χ1v) is 3.12. The third-order valence-corrected chi connectivity index (χ3v) is 1.58. The molecule has 0 saturated carbocycles. The Morgan fingerprint density at radius 1 is 1.90 bits per heavy atom. The van der Waals surface area contributed by atoms with Crippen LogP contribution in [-0.4, -0.2) is 10.9 Å². The zero-order valence-corrected chi connectivity index (χ0v) is 5.50. The first-order valence-electron chi connectivity index (χ1n) is 3.12. The van der Waals surface area contributed by atoms with Gasteiger partial charge in [-0.3, -0.25) is 4.79 Å². The molecular formula is C8H8O2. The molecule has 1 N–H and O–H groups in total. The second-order valence-corrected chi connectivity index (χ2v) is 2.29. The van der Waals surface area contributed by atoms with Gasteiger partial charge in [0.2, 0.25) is 5.78 Å². The Labute approximate surface area is 59.6 Å². The van der Waals surface area contributed by atoms with Gasteiger partial charge in [0.25, 0.3) is 0 Å². The number of ketones is 1. The lowest BCUT2D eigenvalue weighted by atomic mass is 10.0. The molecule has 1 unspecified atom stereocenters. The Morgan fingerprint density at radius 2 is 2.60 bits per heavy atom. The number of allylic oxidation sites excluding steroid dienone is 2. The van der Waals surface area contributed by atoms with Crippen molar-refractivity contribution in [2.45, 2.75) is 12.8 Å². The van der Waals surface area contributed by atoms with Crippen LogP contribution in [0, 0.1) is 18.3 Å². The summed E-state index contributed by atoms with van der Waals surface area (Å²) in [4.78, 5) is 10.9. The molecular weight excluding hydrogens is 128 g/mol. The third-order valence-electron chi connectivity index (χ3n) is 1.58. The second kappa shape index (κ2) is 2.57. The van der Waals surface area contributed by atoms with Gasteiger partial charge in [-0.2, -0.15) is 0 Å². The zero-order chi connectivity index (χ0) is 7.56. The quantitative estimate of drug-likeness (QED) is 0.547. The van der Waals surface area contributed by atoms with E-state index in [0.717, 1.165) is 0 Å². The molecule has 2 nitrogen and oxygen atoms in total. The van der Waals surface area contributed by atoms with Crippen LogP contribution < -0.4 is 0 Å². The highest BCUT2D eigenvalue weighted by molar-refractivity contribution is 5.97. The molecule has 2 heteroatoms. The first-order chi connectivity index (χ1) is 4.75. The molecule has 0 aromatic carbocycles. The van der Waals surface area contributed by atoms with E-state index in [1.165, 1.54) is 6.08 Å². The van der Waals surface area contributed by atoms with Gasteiger partial charge >= 0.3 is 0 Å². The molecule has 1 atom stereocenters. The Bertz CT molecular complexity index is 220. The molecule has 0 radical (unpaired) electrons. The second-order valence-electron chi connectivity index (χ2n) is 2.29. The number of aliphatic hydroxyl groups excluding tert-OH is 1. The molecule has 10 heavy (non-hydrogen) atoms. The zero-order valence-electron chi connectivity index (χ0n) is 5.50. The SMILES string of the molecule is C#CCC1CC=C(O)C1=O. The highest BCUT2D eigenvalue weighted by Crippen LogP contribution is 2.21. The van der Waals surface area contributed by atoms with Crippen molar-refractivity contribution in [2.75, 3.05) is 0 Å². The summed E-state index contributed by atoms with van der Waals surface area (Å²) in [5.41, 5.74) is 0. The maximum atomic E-state index is 10.9. The average molecular weight is 136 g/mol. The molecule has 0 aromatic heterocycles. The van der Waals surface area contributed by atoms with Crippen LogP contribution in [0.4, 0.5) is 0 Å². The van der Waals surface area contributed by atoms with Gasteiger partial charge in [0.05, 0.1) is 0 Å². The van der Waals surface area contributed by atoms with E-state index in [4.69, 9.17) is 11.5 Å². The fourth-order valence-electron chi connectivity index (χ4n) is 0.989. The van der Waals surface area contributed by atoms with E-state index in [1.807, 2.05) is 0 Å². The van der Waals surface area contributed by atoms with Gasteiger partial charge < -0.3 is 5.11 Å². The smallest absolute Gasteiger partial charge is 0.201 e. The van der Waals surface area contributed by atoms with Gasteiger partial charge in [-0.15, -0.1) is 12.3 Å². The Hall–Kier alpha value is -1.23. The van der Waals surface area contributed by atoms with Crippen molar-refractivity contribution in [1.29, 1.82) is 0 Å². The van der Waals surface area contributed by atoms with Crippen LogP contribution >= 0.6 is 0 Å². The maximum Gasteiger partial charge on any atom is 0.201 e. The number of carbonyl (C=O) groups excluding carboxylic acids is 1. The molecule has 1 aliphatic rings. The summed E-state index contributed by atoms with van der Waals surface area (Å²) in [7, 11) is 0. The van der Waals surface area contributed by atoms with E-state index in [2.05, 4.69) is 5.92 Å². The fourth-order valence-corrected chi connectivity index (χ4v) is 0.989. The van der Waals surface area contributed by atoms with Crippen molar-refractivity contribution in [3.05, 3.63) is 11.8 Å². The van der Waals surface area contributed by atoms with Gasteiger partial charge in [0.15, 0.2) is 5.76 Å². The van der Waals surface area contributed by atoms with E-state index in [1.54, 1.807) is 0 Å². The van der Waals surface area contributed by atoms with Crippen molar-refractivity contribution in [3.8, 4) is 12.3 Å². The standard InChI is InChI=1S/C8H8O2/c1-2-3-6-4-5-7(9)8(6)10/h1,5-6,9H,3-4H2. The van der Waals surface area contributed by atoms with Crippen molar-refractivity contribution >= 4 is 5.78 Å². The molecule has 0 bridgehead atoms. The minimum absolute atomic E-state index is 0.125. The highest BCUT2D eigenvalue weighted by atomic mass is 16.3. The van der Waals surface area contributed by atoms with Crippen LogP contribution in [0.1, 0.15) is 12.8 Å². The monoisotopic (exact) mass is 136 g/mol. The summed E-state index contributed by atoms with van der Waals surface area (Å²) in [6.07, 6.45) is 7.55. The van der Waals surface area contributed by atoms with E-state index < -0.39 is 0 Å². The normalized spacial score (nSPS) is 24.1. The number of rotatable bonds is 1. The molecule has 1 rings (SSSR count). The van der Waals surface area contributed by atoms with E-state index >= 15 is 0 Å². The van der Waals surface area contributed by atoms with Gasteiger partial charge in [-0.05, 0) is 12.5 Å². The molecule has 52 valence electrons. The Morgan fingerprint density at radius 3 is 3.00 bits per heavy atom. The van der Waals surface area contributed by atoms with Crippen molar-refractivity contribution in [2.24, 2.45) is 5.92 Å². The van der Waals surface area contributed by atoms with Crippen LogP contribution in [0.15, 0.2) is 11.8 Å². The van der Waals surface area contributed by atoms with Gasteiger partial charge in [-0.25, -0.2) is 0 Å². The van der Waals surface area contributed by atoms with Crippen LogP contribution in [0.2, 0.25) is 0 Å². The largest absolute Gasteiger partial charge is 0.505 e. The summed E-state index contributed by atoms with van der Waals surface area (Å²) in [5.74, 6) is 1.90. The summed E-state index contributed by atoms with van der Waals surface area (Å²) < 4.78 is 0. The lowest BCUT2D eigenvalue weighted by Crippen LogP contribution is -2.08. The molecule has 0 spiro atoms. The van der Waals surface area contributed by atoms with Crippen molar-refractivity contribution in [1.82, 2.24) is 0 Å². The first kappa shape index (κ1) is 6.88. The highest BCUT2D eigenvalue weighted by Gasteiger charge is 2.25. The van der Waals surface area contributed by atoms with E-state index in [9.17, 15) is 4.79 Å². The summed E-state index contributed by atoms with van der Waals surface area (Å²) in [6, 6.07) is 0. The third kappa shape index (κ3) is 1.03. The van der Waals surface area contributed by atoms with E-state index in [0.29, 0.717) is 12.8 Å². The predicted octanol–water partition coefficient (Wildman–Crippen LogP) is 1.04. The number of hydrogen-bond acceptors (Lipinski definition) is 2. The summed E-state index contributed by atoms with van der Waals surface area (Å²) >= 11 is 0. The molecule has 0 fully saturated rings. The number of aliphatic hydroxyl groups is 1. The van der Waals surface area contributed by atoms with Crippen LogP contribution in [0.25, 0.3) is 0 Å². The van der Waals surface area contributed by atoms with Gasteiger partial charge in [0, 0.05) is 12.3 Å². The van der Waals surface area contributed by atoms with Crippen molar-refractivity contribution < 1.29 is 9.90 Å². The predicted molar refractivity (Wildman–Crippen MR) is 37.3 cm³/mol. The van der Waals surface area contributed by atoms with Gasteiger partial charge in [0.1, 0.15) is 0 Å². The molecule has 1 aliphatic carbocycles. The fraction of sp³-hybridized carbons (Fsp3) is 0.375. The Kier molecular flexibility index (Phi) is 1.77. The van der Waals surface area contributed by atoms with Crippen LogP contribution in [-0.2, 0) is 4.79 Å². The van der Waals surface area contributed by atoms with Crippen molar-refractivity contribution in [3.63, 3.8) is 0 Å². The number of hydrogen-bond donors (Lipinski definition) is 1.